The van der Waals surface area contributed by atoms with Gasteiger partial charge in [0.05, 0.1) is 12.6 Å². The van der Waals surface area contributed by atoms with Gasteiger partial charge < -0.3 is 14.5 Å². The number of fused-ring (bicyclic) bond motifs is 1. The molecule has 0 bridgehead atoms. The van der Waals surface area contributed by atoms with E-state index in [-0.39, 0.29) is 42.7 Å². The molecule has 0 fully saturated rings. The van der Waals surface area contributed by atoms with E-state index in [0.29, 0.717) is 25.3 Å². The summed E-state index contributed by atoms with van der Waals surface area (Å²) in [6, 6.07) is 7.79. The first-order chi connectivity index (χ1) is 14.4. The molecule has 162 valence electrons. The second-order valence-electron chi connectivity index (χ2n) is 7.93. The zero-order valence-electron chi connectivity index (χ0n) is 17.8. The highest BCUT2D eigenvalue weighted by Crippen LogP contribution is 2.34. The van der Waals surface area contributed by atoms with Crippen LogP contribution in [0.2, 0.25) is 0 Å². The number of halogens is 1. The molecule has 0 saturated heterocycles. The van der Waals surface area contributed by atoms with E-state index in [9.17, 15) is 14.0 Å². The number of ether oxygens (including phenoxy) is 1. The van der Waals surface area contributed by atoms with Crippen molar-refractivity contribution in [1.29, 1.82) is 0 Å². The van der Waals surface area contributed by atoms with Crippen LogP contribution in [0.25, 0.3) is 0 Å². The number of carbonyl (C=O) groups is 2. The maximum absolute atomic E-state index is 13.5. The topological polar surface area (TPSA) is 49.9 Å². The highest BCUT2D eigenvalue weighted by molar-refractivity contribution is 7.10. The minimum absolute atomic E-state index is 0.00152. The summed E-state index contributed by atoms with van der Waals surface area (Å²) in [6.45, 7) is 7.27. The number of hydrogen-bond donors (Lipinski definition) is 0. The van der Waals surface area contributed by atoms with E-state index in [1.54, 1.807) is 33.3 Å². The SMILES string of the molecule is CCN(CC(=O)N1CCc2sccc2[C@H]1COc1cccc(F)c1)C(=O)CC(C)C. The standard InChI is InChI=1S/C23H29FN2O3S/c1-4-25(22(27)12-16(2)3)14-23(28)26-10-8-21-19(9-11-30-21)20(26)15-29-18-7-5-6-17(24)13-18/h5-7,9,11,13,16,20H,4,8,10,12,14-15H2,1-3H3/t20-/m1/s1. The molecule has 1 aliphatic heterocycles. The number of benzene rings is 1. The predicted molar refractivity (Wildman–Crippen MR) is 116 cm³/mol. The molecule has 5 nitrogen and oxygen atoms in total. The van der Waals surface area contributed by atoms with Gasteiger partial charge in [-0.25, -0.2) is 4.39 Å². The van der Waals surface area contributed by atoms with Gasteiger partial charge in [0.1, 0.15) is 18.2 Å². The van der Waals surface area contributed by atoms with Gasteiger partial charge in [0.25, 0.3) is 0 Å². The second kappa shape index (κ2) is 10.1. The van der Waals surface area contributed by atoms with Crippen molar-refractivity contribution in [2.24, 2.45) is 5.92 Å². The minimum atomic E-state index is -0.359. The lowest BCUT2D eigenvalue weighted by Crippen LogP contribution is -2.47. The van der Waals surface area contributed by atoms with E-state index < -0.39 is 0 Å². The fraction of sp³-hybridized carbons (Fsp3) is 0.478. The third-order valence-corrected chi connectivity index (χ3v) is 6.26. The van der Waals surface area contributed by atoms with Gasteiger partial charge in [-0.3, -0.25) is 9.59 Å². The quantitative estimate of drug-likeness (QED) is 0.625. The summed E-state index contributed by atoms with van der Waals surface area (Å²) in [5, 5.41) is 2.03. The van der Waals surface area contributed by atoms with Crippen LogP contribution in [0, 0.1) is 11.7 Å². The molecular weight excluding hydrogens is 403 g/mol. The molecule has 2 heterocycles. The van der Waals surface area contributed by atoms with E-state index in [4.69, 9.17) is 4.74 Å². The summed E-state index contributed by atoms with van der Waals surface area (Å²) in [6.07, 6.45) is 1.23. The van der Waals surface area contributed by atoms with Gasteiger partial charge in [-0.1, -0.05) is 19.9 Å². The maximum Gasteiger partial charge on any atom is 0.242 e. The van der Waals surface area contributed by atoms with Crippen molar-refractivity contribution in [3.8, 4) is 5.75 Å². The van der Waals surface area contributed by atoms with E-state index in [0.717, 1.165) is 12.0 Å². The van der Waals surface area contributed by atoms with Gasteiger partial charge in [0, 0.05) is 30.5 Å². The van der Waals surface area contributed by atoms with Crippen LogP contribution in [0.5, 0.6) is 5.75 Å². The van der Waals surface area contributed by atoms with Crippen molar-refractivity contribution in [3.63, 3.8) is 0 Å². The van der Waals surface area contributed by atoms with E-state index in [1.807, 2.05) is 32.2 Å². The summed E-state index contributed by atoms with van der Waals surface area (Å²) in [5.41, 5.74) is 1.08. The number of carbonyl (C=O) groups excluding carboxylic acids is 2. The number of likely N-dealkylation sites (N-methyl/N-ethyl adjacent to an activating group) is 1. The molecule has 1 aromatic carbocycles. The first-order valence-electron chi connectivity index (χ1n) is 10.4. The van der Waals surface area contributed by atoms with E-state index in [2.05, 4.69) is 0 Å². The Balaban J connectivity index is 1.74. The molecule has 30 heavy (non-hydrogen) atoms. The summed E-state index contributed by atoms with van der Waals surface area (Å²) >= 11 is 1.68. The van der Waals surface area contributed by atoms with Crippen molar-refractivity contribution in [2.75, 3.05) is 26.2 Å². The molecule has 1 aromatic heterocycles. The van der Waals surface area contributed by atoms with Crippen LogP contribution in [0.4, 0.5) is 4.39 Å². The Labute approximate surface area is 181 Å². The Morgan fingerprint density at radius 2 is 2.13 bits per heavy atom. The molecule has 0 spiro atoms. The average Bonchev–Trinajstić information content (AvgIpc) is 3.18. The Bertz CT molecular complexity index is 883. The van der Waals surface area contributed by atoms with Crippen LogP contribution < -0.4 is 4.74 Å². The Hall–Kier alpha value is -2.41. The van der Waals surface area contributed by atoms with Crippen molar-refractivity contribution in [2.45, 2.75) is 39.7 Å². The molecule has 1 atom stereocenters. The van der Waals surface area contributed by atoms with E-state index >= 15 is 0 Å². The first-order valence-corrected chi connectivity index (χ1v) is 11.3. The molecule has 0 unspecified atom stereocenters. The summed E-state index contributed by atoms with van der Waals surface area (Å²) < 4.78 is 19.3. The summed E-state index contributed by atoms with van der Waals surface area (Å²) in [5.74, 6) is 0.243. The molecule has 3 rings (SSSR count). The van der Waals surface area contributed by atoms with Crippen LogP contribution in [0.3, 0.4) is 0 Å². The molecule has 2 amide bonds. The first kappa shape index (κ1) is 22.3. The summed E-state index contributed by atoms with van der Waals surface area (Å²) in [7, 11) is 0. The number of nitrogens with zero attached hydrogens (tertiary/aromatic N) is 2. The van der Waals surface area contributed by atoms with Gasteiger partial charge in [-0.15, -0.1) is 11.3 Å². The molecule has 7 heteroatoms. The smallest absolute Gasteiger partial charge is 0.242 e. The molecular formula is C23H29FN2O3S. The lowest BCUT2D eigenvalue weighted by molar-refractivity contribution is -0.143. The number of thiophene rings is 1. The largest absolute Gasteiger partial charge is 0.491 e. The third kappa shape index (κ3) is 5.39. The Kier molecular flexibility index (Phi) is 7.48. The van der Waals surface area contributed by atoms with Gasteiger partial charge in [0.2, 0.25) is 11.8 Å². The van der Waals surface area contributed by atoms with Crippen molar-refractivity contribution in [1.82, 2.24) is 9.80 Å². The van der Waals surface area contributed by atoms with Gasteiger partial charge in [0.15, 0.2) is 0 Å². The molecule has 2 aromatic rings. The normalized spacial score (nSPS) is 15.8. The fourth-order valence-electron chi connectivity index (χ4n) is 3.72. The monoisotopic (exact) mass is 432 g/mol. The highest BCUT2D eigenvalue weighted by atomic mass is 32.1. The van der Waals surface area contributed by atoms with Gasteiger partial charge in [-0.2, -0.15) is 0 Å². The number of rotatable bonds is 8. The molecule has 0 aliphatic carbocycles. The van der Waals surface area contributed by atoms with Crippen molar-refractivity contribution >= 4 is 23.2 Å². The molecule has 0 radical (unpaired) electrons. The van der Waals surface area contributed by atoms with E-state index in [1.165, 1.54) is 17.0 Å². The Morgan fingerprint density at radius 3 is 2.83 bits per heavy atom. The number of hydrogen-bond acceptors (Lipinski definition) is 4. The lowest BCUT2D eigenvalue weighted by atomic mass is 10.0. The average molecular weight is 433 g/mol. The predicted octanol–water partition coefficient (Wildman–Crippen LogP) is 4.29. The third-order valence-electron chi connectivity index (χ3n) is 5.26. The lowest BCUT2D eigenvalue weighted by Gasteiger charge is -2.37. The van der Waals surface area contributed by atoms with Gasteiger partial charge >= 0.3 is 0 Å². The highest BCUT2D eigenvalue weighted by Gasteiger charge is 2.33. The molecule has 0 N–H and O–H groups in total. The Morgan fingerprint density at radius 1 is 1.33 bits per heavy atom. The second-order valence-corrected chi connectivity index (χ2v) is 8.93. The van der Waals surface area contributed by atoms with Gasteiger partial charge in [-0.05, 0) is 48.4 Å². The van der Waals surface area contributed by atoms with Crippen LogP contribution in [0.15, 0.2) is 35.7 Å². The number of amides is 2. The van der Waals surface area contributed by atoms with Crippen LogP contribution in [-0.2, 0) is 16.0 Å². The van der Waals surface area contributed by atoms with Crippen LogP contribution >= 0.6 is 11.3 Å². The van der Waals surface area contributed by atoms with Crippen LogP contribution in [0.1, 0.15) is 43.7 Å². The zero-order chi connectivity index (χ0) is 21.7. The van der Waals surface area contributed by atoms with Crippen molar-refractivity contribution < 1.29 is 18.7 Å². The maximum atomic E-state index is 13.5. The zero-order valence-corrected chi connectivity index (χ0v) is 18.6. The van der Waals surface area contributed by atoms with Crippen LogP contribution in [-0.4, -0.2) is 47.9 Å². The molecule has 0 saturated carbocycles. The minimum Gasteiger partial charge on any atom is -0.491 e. The molecule has 1 aliphatic rings. The van der Waals surface area contributed by atoms with Crippen molar-refractivity contribution in [3.05, 3.63) is 52.0 Å². The fourth-order valence-corrected chi connectivity index (χ4v) is 4.64. The summed E-state index contributed by atoms with van der Waals surface area (Å²) in [4.78, 5) is 30.3.